The largest absolute Gasteiger partial charge is 0.393 e. The molecule has 2 aromatic rings. The van der Waals surface area contributed by atoms with E-state index in [9.17, 15) is 5.11 Å². The number of aryl methyl sites for hydroxylation is 1. The lowest BCUT2D eigenvalue weighted by molar-refractivity contribution is 0.0763. The average molecular weight is 270 g/mol. The van der Waals surface area contributed by atoms with E-state index in [1.165, 1.54) is 11.8 Å². The summed E-state index contributed by atoms with van der Waals surface area (Å²) in [6, 6.07) is 10.3. The number of aliphatic hydroxyl groups is 1. The molecule has 0 saturated heterocycles. The van der Waals surface area contributed by atoms with E-state index >= 15 is 0 Å². The van der Waals surface area contributed by atoms with Crippen molar-refractivity contribution >= 4 is 16.7 Å². The normalized spacial score (nSPS) is 22.9. The van der Waals surface area contributed by atoms with Crippen LogP contribution in [-0.4, -0.2) is 22.7 Å². The van der Waals surface area contributed by atoms with Crippen molar-refractivity contribution in [2.75, 3.05) is 11.9 Å². The first-order valence-corrected chi connectivity index (χ1v) is 7.52. The van der Waals surface area contributed by atoms with Gasteiger partial charge in [0.15, 0.2) is 0 Å². The summed E-state index contributed by atoms with van der Waals surface area (Å²) < 4.78 is 0. The molecule has 1 aliphatic rings. The first-order chi connectivity index (χ1) is 9.74. The Bertz CT molecular complexity index is 597. The molecular formula is C17H22N2O. The van der Waals surface area contributed by atoms with E-state index in [0.29, 0.717) is 5.92 Å². The molecule has 2 atom stereocenters. The van der Waals surface area contributed by atoms with Crippen LogP contribution in [0, 0.1) is 12.8 Å². The maximum absolute atomic E-state index is 10.0. The monoisotopic (exact) mass is 270 g/mol. The highest BCUT2D eigenvalue weighted by molar-refractivity contribution is 5.81. The van der Waals surface area contributed by atoms with Gasteiger partial charge in [-0.2, -0.15) is 0 Å². The minimum atomic E-state index is -0.156. The van der Waals surface area contributed by atoms with Crippen molar-refractivity contribution in [3.63, 3.8) is 0 Å². The molecule has 0 spiro atoms. The lowest BCUT2D eigenvalue weighted by atomic mass is 9.86. The van der Waals surface area contributed by atoms with Gasteiger partial charge in [-0.05, 0) is 37.5 Å². The van der Waals surface area contributed by atoms with Gasteiger partial charge in [0.25, 0.3) is 0 Å². The van der Waals surface area contributed by atoms with E-state index in [4.69, 9.17) is 4.98 Å². The first kappa shape index (κ1) is 13.4. The summed E-state index contributed by atoms with van der Waals surface area (Å²) in [6.45, 7) is 2.90. The molecule has 1 heterocycles. The number of para-hydroxylation sites is 1. The zero-order chi connectivity index (χ0) is 13.9. The number of pyridine rings is 1. The van der Waals surface area contributed by atoms with Gasteiger partial charge in [-0.15, -0.1) is 0 Å². The van der Waals surface area contributed by atoms with Gasteiger partial charge >= 0.3 is 0 Å². The number of rotatable bonds is 3. The molecule has 1 aromatic heterocycles. The van der Waals surface area contributed by atoms with Crippen molar-refractivity contribution in [2.24, 2.45) is 5.92 Å². The molecule has 3 nitrogen and oxygen atoms in total. The second kappa shape index (κ2) is 5.80. The van der Waals surface area contributed by atoms with Crippen molar-refractivity contribution in [3.8, 4) is 0 Å². The Morgan fingerprint density at radius 1 is 1.25 bits per heavy atom. The van der Waals surface area contributed by atoms with E-state index in [0.717, 1.165) is 42.7 Å². The fraction of sp³-hybridized carbons (Fsp3) is 0.471. The molecule has 0 aliphatic heterocycles. The molecular weight excluding hydrogens is 248 g/mol. The van der Waals surface area contributed by atoms with Crippen molar-refractivity contribution < 1.29 is 5.11 Å². The zero-order valence-electron chi connectivity index (χ0n) is 12.0. The molecule has 1 saturated carbocycles. The number of hydrogen-bond acceptors (Lipinski definition) is 3. The maximum atomic E-state index is 10.0. The van der Waals surface area contributed by atoms with Gasteiger partial charge in [-0.3, -0.25) is 0 Å². The molecule has 0 amide bonds. The van der Waals surface area contributed by atoms with E-state index in [1.807, 2.05) is 18.2 Å². The first-order valence-electron chi connectivity index (χ1n) is 7.52. The van der Waals surface area contributed by atoms with Crippen LogP contribution in [0.25, 0.3) is 10.9 Å². The molecule has 2 unspecified atom stereocenters. The second-order valence-corrected chi connectivity index (χ2v) is 5.84. The molecule has 106 valence electrons. The van der Waals surface area contributed by atoms with Crippen LogP contribution in [0.1, 0.15) is 31.2 Å². The summed E-state index contributed by atoms with van der Waals surface area (Å²) in [5.41, 5.74) is 2.18. The van der Waals surface area contributed by atoms with Crippen LogP contribution in [0.2, 0.25) is 0 Å². The molecule has 1 aliphatic carbocycles. The maximum Gasteiger partial charge on any atom is 0.129 e. The fourth-order valence-corrected chi connectivity index (χ4v) is 3.05. The third kappa shape index (κ3) is 2.78. The molecule has 20 heavy (non-hydrogen) atoms. The number of benzene rings is 1. The number of nitrogens with zero attached hydrogens (tertiary/aromatic N) is 1. The Balaban J connectivity index is 1.75. The molecule has 3 heteroatoms. The van der Waals surface area contributed by atoms with Crippen molar-refractivity contribution in [2.45, 2.75) is 38.7 Å². The van der Waals surface area contributed by atoms with E-state index in [1.54, 1.807) is 0 Å². The Labute approximate surface area is 120 Å². The predicted octanol–water partition coefficient (Wildman–Crippen LogP) is 3.51. The summed E-state index contributed by atoms with van der Waals surface area (Å²) >= 11 is 0. The van der Waals surface area contributed by atoms with Gasteiger partial charge in [0.2, 0.25) is 0 Å². The van der Waals surface area contributed by atoms with Crippen LogP contribution in [-0.2, 0) is 0 Å². The topological polar surface area (TPSA) is 45.2 Å². The summed E-state index contributed by atoms with van der Waals surface area (Å²) in [4.78, 5) is 4.69. The Hall–Kier alpha value is -1.61. The minimum absolute atomic E-state index is 0.156. The van der Waals surface area contributed by atoms with Crippen LogP contribution in [0.5, 0.6) is 0 Å². The highest BCUT2D eigenvalue weighted by Gasteiger charge is 2.22. The zero-order valence-corrected chi connectivity index (χ0v) is 12.0. The summed E-state index contributed by atoms with van der Waals surface area (Å²) in [7, 11) is 0. The van der Waals surface area contributed by atoms with Crippen LogP contribution in [0.4, 0.5) is 5.82 Å². The van der Waals surface area contributed by atoms with Gasteiger partial charge < -0.3 is 10.4 Å². The molecule has 1 fully saturated rings. The molecule has 0 radical (unpaired) electrons. The Morgan fingerprint density at radius 2 is 2.05 bits per heavy atom. The van der Waals surface area contributed by atoms with Gasteiger partial charge in [0.05, 0.1) is 11.6 Å². The number of anilines is 1. The van der Waals surface area contributed by atoms with Crippen molar-refractivity contribution in [1.29, 1.82) is 0 Å². The number of aromatic nitrogens is 1. The molecule has 1 aromatic carbocycles. The smallest absolute Gasteiger partial charge is 0.129 e. The number of hydrogen-bond donors (Lipinski definition) is 2. The van der Waals surface area contributed by atoms with Gasteiger partial charge in [-0.1, -0.05) is 31.0 Å². The standard InChI is InChI=1S/C17H22N2O/c1-12-10-13-6-2-4-8-15(13)19-17(12)18-11-14-7-3-5-9-16(14)20/h2,4,6,8,10,14,16,20H,3,5,7,9,11H2,1H3,(H,18,19). The van der Waals surface area contributed by atoms with Crippen LogP contribution in [0.15, 0.2) is 30.3 Å². The number of aliphatic hydroxyl groups excluding tert-OH is 1. The average Bonchev–Trinajstić information content (AvgIpc) is 2.46. The second-order valence-electron chi connectivity index (χ2n) is 5.84. The fourth-order valence-electron chi connectivity index (χ4n) is 3.05. The Kier molecular flexibility index (Phi) is 3.88. The van der Waals surface area contributed by atoms with Crippen LogP contribution >= 0.6 is 0 Å². The van der Waals surface area contributed by atoms with Gasteiger partial charge in [0.1, 0.15) is 5.82 Å². The van der Waals surface area contributed by atoms with Crippen molar-refractivity contribution in [1.82, 2.24) is 4.98 Å². The van der Waals surface area contributed by atoms with Crippen molar-refractivity contribution in [3.05, 3.63) is 35.9 Å². The molecule has 3 rings (SSSR count). The van der Waals surface area contributed by atoms with Gasteiger partial charge in [-0.25, -0.2) is 4.98 Å². The number of fused-ring (bicyclic) bond motifs is 1. The highest BCUT2D eigenvalue weighted by Crippen LogP contribution is 2.25. The summed E-state index contributed by atoms with van der Waals surface area (Å²) in [5.74, 6) is 1.30. The third-order valence-electron chi connectivity index (χ3n) is 4.32. The molecule has 0 bridgehead atoms. The summed E-state index contributed by atoms with van der Waals surface area (Å²) in [5, 5.41) is 14.6. The van der Waals surface area contributed by atoms with Crippen LogP contribution in [0.3, 0.4) is 0 Å². The lowest BCUT2D eigenvalue weighted by Gasteiger charge is -2.28. The number of nitrogens with one attached hydrogen (secondary N) is 1. The molecule has 2 N–H and O–H groups in total. The quantitative estimate of drug-likeness (QED) is 0.897. The Morgan fingerprint density at radius 3 is 2.90 bits per heavy atom. The van der Waals surface area contributed by atoms with E-state index in [2.05, 4.69) is 24.4 Å². The third-order valence-corrected chi connectivity index (χ3v) is 4.32. The van der Waals surface area contributed by atoms with Gasteiger partial charge in [0, 0.05) is 17.8 Å². The minimum Gasteiger partial charge on any atom is -0.393 e. The lowest BCUT2D eigenvalue weighted by Crippen LogP contribution is -2.30. The SMILES string of the molecule is Cc1cc2ccccc2nc1NCC1CCCCC1O. The highest BCUT2D eigenvalue weighted by atomic mass is 16.3. The van der Waals surface area contributed by atoms with Crippen LogP contribution < -0.4 is 5.32 Å². The summed E-state index contributed by atoms with van der Waals surface area (Å²) in [6.07, 6.45) is 4.28. The van der Waals surface area contributed by atoms with E-state index < -0.39 is 0 Å². The van der Waals surface area contributed by atoms with E-state index in [-0.39, 0.29) is 6.10 Å². The predicted molar refractivity (Wildman–Crippen MR) is 82.9 cm³/mol.